The van der Waals surface area contributed by atoms with E-state index in [2.05, 4.69) is 9.71 Å². The highest BCUT2D eigenvalue weighted by Gasteiger charge is 2.17. The molecule has 1 heterocycles. The number of halogens is 1. The van der Waals surface area contributed by atoms with Gasteiger partial charge in [-0.2, -0.15) is 0 Å². The lowest BCUT2D eigenvalue weighted by Crippen LogP contribution is -2.13. The summed E-state index contributed by atoms with van der Waals surface area (Å²) in [5.74, 6) is 0. The minimum atomic E-state index is -3.68. The molecule has 0 aliphatic heterocycles. The number of aromatic nitrogens is 1. The Morgan fingerprint density at radius 1 is 1.28 bits per heavy atom. The number of rotatable bonds is 3. The first-order valence-electron chi connectivity index (χ1n) is 5.18. The van der Waals surface area contributed by atoms with Crippen LogP contribution in [0.25, 0.3) is 0 Å². The maximum absolute atomic E-state index is 12.1. The molecule has 4 nitrogen and oxygen atoms in total. The molecule has 0 unspecified atom stereocenters. The van der Waals surface area contributed by atoms with Crippen molar-refractivity contribution in [2.24, 2.45) is 0 Å². The van der Waals surface area contributed by atoms with Gasteiger partial charge >= 0.3 is 0 Å². The maximum Gasteiger partial charge on any atom is 0.263 e. The molecule has 6 heteroatoms. The van der Waals surface area contributed by atoms with Crippen molar-refractivity contribution in [2.45, 2.75) is 11.8 Å². The fourth-order valence-corrected chi connectivity index (χ4v) is 3.10. The number of hydrogen-bond donors (Lipinski definition) is 1. The summed E-state index contributed by atoms with van der Waals surface area (Å²) in [5, 5.41) is 0.200. The van der Waals surface area contributed by atoms with Gasteiger partial charge in [-0.3, -0.25) is 9.71 Å². The van der Waals surface area contributed by atoms with E-state index in [4.69, 9.17) is 11.6 Å². The van der Waals surface area contributed by atoms with Crippen molar-refractivity contribution in [1.29, 1.82) is 0 Å². The van der Waals surface area contributed by atoms with Crippen LogP contribution in [0.4, 0.5) is 5.69 Å². The average Bonchev–Trinajstić information content (AvgIpc) is 2.29. The predicted molar refractivity (Wildman–Crippen MR) is 71.2 cm³/mol. The minimum absolute atomic E-state index is 0.0543. The molecule has 0 aliphatic carbocycles. The van der Waals surface area contributed by atoms with Gasteiger partial charge in [0.1, 0.15) is 4.90 Å². The molecular weight excluding hydrogens is 272 g/mol. The summed E-state index contributed by atoms with van der Waals surface area (Å²) in [5.41, 5.74) is 1.30. The molecular formula is C12H11ClN2O2S. The first-order chi connectivity index (χ1) is 8.49. The van der Waals surface area contributed by atoms with Crippen molar-refractivity contribution in [3.05, 3.63) is 53.3 Å². The summed E-state index contributed by atoms with van der Waals surface area (Å²) >= 11 is 5.95. The number of anilines is 1. The largest absolute Gasteiger partial charge is 0.278 e. The molecule has 0 saturated carbocycles. The Hall–Kier alpha value is -1.59. The van der Waals surface area contributed by atoms with Gasteiger partial charge in [0.25, 0.3) is 10.0 Å². The molecule has 18 heavy (non-hydrogen) atoms. The molecule has 2 aromatic rings. The summed E-state index contributed by atoms with van der Waals surface area (Å²) in [6.45, 7) is 1.84. The molecule has 0 saturated heterocycles. The zero-order chi connectivity index (χ0) is 13.2. The summed E-state index contributed by atoms with van der Waals surface area (Å²) in [6, 6.07) is 8.06. The molecule has 94 valence electrons. The van der Waals surface area contributed by atoms with Crippen LogP contribution in [0.5, 0.6) is 0 Å². The molecule has 0 atom stereocenters. The third-order valence-corrected chi connectivity index (χ3v) is 4.15. The van der Waals surface area contributed by atoms with E-state index in [-0.39, 0.29) is 9.92 Å². The van der Waals surface area contributed by atoms with Gasteiger partial charge in [0.2, 0.25) is 0 Å². The average molecular weight is 283 g/mol. The Morgan fingerprint density at radius 3 is 2.67 bits per heavy atom. The quantitative estimate of drug-likeness (QED) is 0.942. The first-order valence-corrected chi connectivity index (χ1v) is 7.04. The van der Waals surface area contributed by atoms with Gasteiger partial charge in [0.05, 0.1) is 16.9 Å². The van der Waals surface area contributed by atoms with Crippen molar-refractivity contribution in [3.8, 4) is 0 Å². The van der Waals surface area contributed by atoms with Gasteiger partial charge in [-0.1, -0.05) is 17.7 Å². The van der Waals surface area contributed by atoms with E-state index in [1.165, 1.54) is 12.3 Å². The van der Waals surface area contributed by atoms with Gasteiger partial charge in [0.15, 0.2) is 0 Å². The second-order valence-electron chi connectivity index (χ2n) is 3.78. The van der Waals surface area contributed by atoms with E-state index in [9.17, 15) is 8.42 Å². The van der Waals surface area contributed by atoms with Crippen LogP contribution in [0.2, 0.25) is 5.02 Å². The third-order valence-electron chi connectivity index (χ3n) is 2.29. The van der Waals surface area contributed by atoms with E-state index in [0.29, 0.717) is 5.69 Å². The maximum atomic E-state index is 12.1. The van der Waals surface area contributed by atoms with E-state index >= 15 is 0 Å². The highest BCUT2D eigenvalue weighted by Crippen LogP contribution is 2.24. The fraction of sp³-hybridized carbons (Fsp3) is 0.0833. The predicted octanol–water partition coefficient (Wildman–Crippen LogP) is 2.84. The number of benzene rings is 1. The summed E-state index contributed by atoms with van der Waals surface area (Å²) < 4.78 is 26.6. The van der Waals surface area contributed by atoms with Crippen molar-refractivity contribution < 1.29 is 8.42 Å². The van der Waals surface area contributed by atoms with Crippen LogP contribution >= 0.6 is 11.6 Å². The number of pyridine rings is 1. The topological polar surface area (TPSA) is 59.1 Å². The van der Waals surface area contributed by atoms with Crippen LogP contribution in [-0.4, -0.2) is 13.4 Å². The number of hydrogen-bond acceptors (Lipinski definition) is 3. The molecule has 0 fully saturated rings. The first kappa shape index (κ1) is 12.9. The van der Waals surface area contributed by atoms with Crippen molar-refractivity contribution >= 4 is 27.3 Å². The second-order valence-corrected chi connectivity index (χ2v) is 5.84. The van der Waals surface area contributed by atoms with E-state index in [0.717, 1.165) is 5.56 Å². The zero-order valence-electron chi connectivity index (χ0n) is 9.59. The summed E-state index contributed by atoms with van der Waals surface area (Å²) in [7, 11) is -3.68. The Morgan fingerprint density at radius 2 is 2.06 bits per heavy atom. The van der Waals surface area contributed by atoms with Gasteiger partial charge in [-0.25, -0.2) is 8.42 Å². The van der Waals surface area contributed by atoms with E-state index in [1.807, 2.05) is 6.92 Å². The third kappa shape index (κ3) is 2.80. The standard InChI is InChI=1S/C12H11ClN2O2S/c1-9-4-5-12(11(13)7-9)18(16,17)15-10-3-2-6-14-8-10/h2-8,15H,1H3. The van der Waals surface area contributed by atoms with Gasteiger partial charge < -0.3 is 0 Å². The normalized spacial score (nSPS) is 11.2. The van der Waals surface area contributed by atoms with Crippen LogP contribution in [0.1, 0.15) is 5.56 Å². The molecule has 0 amide bonds. The minimum Gasteiger partial charge on any atom is -0.278 e. The highest BCUT2D eigenvalue weighted by atomic mass is 35.5. The van der Waals surface area contributed by atoms with Crippen molar-refractivity contribution in [1.82, 2.24) is 4.98 Å². The Labute approximate surface area is 111 Å². The Kier molecular flexibility index (Phi) is 3.54. The van der Waals surface area contributed by atoms with Crippen LogP contribution in [0.15, 0.2) is 47.6 Å². The molecule has 0 radical (unpaired) electrons. The smallest absolute Gasteiger partial charge is 0.263 e. The molecule has 2 rings (SSSR count). The molecule has 0 spiro atoms. The SMILES string of the molecule is Cc1ccc(S(=O)(=O)Nc2cccnc2)c(Cl)c1. The number of aryl methyl sites for hydroxylation is 1. The zero-order valence-corrected chi connectivity index (χ0v) is 11.2. The van der Waals surface area contributed by atoms with Crippen LogP contribution in [0, 0.1) is 6.92 Å². The lowest BCUT2D eigenvalue weighted by molar-refractivity contribution is 0.601. The number of nitrogens with one attached hydrogen (secondary N) is 1. The van der Waals surface area contributed by atoms with Crippen molar-refractivity contribution in [2.75, 3.05) is 4.72 Å². The second kappa shape index (κ2) is 4.96. The fourth-order valence-electron chi connectivity index (χ4n) is 1.46. The molecule has 1 N–H and O–H groups in total. The summed E-state index contributed by atoms with van der Waals surface area (Å²) in [4.78, 5) is 3.89. The lowest BCUT2D eigenvalue weighted by atomic mass is 10.2. The van der Waals surface area contributed by atoms with E-state index < -0.39 is 10.0 Å². The van der Waals surface area contributed by atoms with Crippen LogP contribution in [-0.2, 0) is 10.0 Å². The monoisotopic (exact) mass is 282 g/mol. The summed E-state index contributed by atoms with van der Waals surface area (Å²) in [6.07, 6.45) is 3.00. The lowest BCUT2D eigenvalue weighted by Gasteiger charge is -2.09. The van der Waals surface area contributed by atoms with Crippen LogP contribution < -0.4 is 4.72 Å². The molecule has 1 aromatic heterocycles. The Bertz CT molecular complexity index is 657. The van der Waals surface area contributed by atoms with Gasteiger partial charge in [-0.15, -0.1) is 0 Å². The van der Waals surface area contributed by atoms with Gasteiger partial charge in [-0.05, 0) is 36.8 Å². The number of nitrogens with zero attached hydrogens (tertiary/aromatic N) is 1. The molecule has 1 aromatic carbocycles. The number of sulfonamides is 1. The molecule has 0 aliphatic rings. The van der Waals surface area contributed by atoms with Gasteiger partial charge in [0, 0.05) is 6.20 Å². The van der Waals surface area contributed by atoms with Crippen LogP contribution in [0.3, 0.4) is 0 Å². The van der Waals surface area contributed by atoms with Crippen molar-refractivity contribution in [3.63, 3.8) is 0 Å². The molecule has 0 bridgehead atoms. The van der Waals surface area contributed by atoms with E-state index in [1.54, 1.807) is 30.5 Å². The Balaban J connectivity index is 2.37. The highest BCUT2D eigenvalue weighted by molar-refractivity contribution is 7.92.